The van der Waals surface area contributed by atoms with Crippen LogP contribution in [0.3, 0.4) is 0 Å². The third-order valence-electron chi connectivity index (χ3n) is 5.76. The van der Waals surface area contributed by atoms with E-state index in [9.17, 15) is 5.11 Å². The molecule has 3 aromatic carbocycles. The van der Waals surface area contributed by atoms with E-state index in [1.54, 1.807) is 27.4 Å². The van der Waals surface area contributed by atoms with E-state index in [0.717, 1.165) is 62.2 Å². The summed E-state index contributed by atoms with van der Waals surface area (Å²) in [5.74, 6) is 2.32. The first kappa shape index (κ1) is 20.1. The van der Waals surface area contributed by atoms with Gasteiger partial charge >= 0.3 is 0 Å². The highest BCUT2D eigenvalue weighted by atomic mass is 16.5. The molecule has 0 bridgehead atoms. The van der Waals surface area contributed by atoms with Gasteiger partial charge in [0.15, 0.2) is 0 Å². The van der Waals surface area contributed by atoms with Crippen molar-refractivity contribution in [2.75, 3.05) is 21.3 Å². The molecule has 1 N–H and O–H groups in total. The van der Waals surface area contributed by atoms with E-state index in [2.05, 4.69) is 13.0 Å². The van der Waals surface area contributed by atoms with Gasteiger partial charge in [-0.2, -0.15) is 0 Å². The van der Waals surface area contributed by atoms with Crippen molar-refractivity contribution in [3.05, 3.63) is 47.0 Å². The summed E-state index contributed by atoms with van der Waals surface area (Å²) in [5.41, 5.74) is 5.76. The molecule has 1 atom stereocenters. The summed E-state index contributed by atoms with van der Waals surface area (Å²) in [7, 11) is 4.94. The predicted octanol–water partition coefficient (Wildman–Crippen LogP) is 5.30. The summed E-state index contributed by atoms with van der Waals surface area (Å²) in [6.07, 6.45) is 0.725. The summed E-state index contributed by atoms with van der Waals surface area (Å²) < 4.78 is 16.9. The maximum atomic E-state index is 11.1. The maximum absolute atomic E-state index is 11.1. The molecule has 0 saturated carbocycles. The fraction of sp³-hybridized carbons (Fsp3) is 0.320. The number of hydrogen-bond donors (Lipinski definition) is 1. The minimum atomic E-state index is 0.128. The number of phenolic OH excluding ortho intramolecular Hbond substituents is 1. The quantitative estimate of drug-likeness (QED) is 0.640. The monoisotopic (exact) mass is 405 g/mol. The number of aromatic hydroxyl groups is 1. The predicted molar refractivity (Wildman–Crippen MR) is 121 cm³/mol. The molecular formula is C25H27NO4. The van der Waals surface area contributed by atoms with Crippen LogP contribution in [0.5, 0.6) is 23.0 Å². The number of ether oxygens (including phenoxy) is 3. The van der Waals surface area contributed by atoms with Gasteiger partial charge in [-0.1, -0.05) is 6.07 Å². The number of hydrogen-bond acceptors (Lipinski definition) is 5. The lowest BCUT2D eigenvalue weighted by molar-refractivity contribution is 0.404. The second-order valence-electron chi connectivity index (χ2n) is 7.80. The molecule has 0 unspecified atom stereocenters. The molecule has 0 spiro atoms. The standard InChI is InChI=1S/C25H27NO4/c1-13-9-17-16(7-8-20(28-4)25(17)21(10-13)29-5)24-18-11-14(2)26-15(3)23(18)22(30-6)12-19(24)27/h7-10,12,14,27H,11H2,1-6H3/t14-/m0/s1. The molecule has 30 heavy (non-hydrogen) atoms. The third kappa shape index (κ3) is 3.05. The maximum Gasteiger partial charge on any atom is 0.131 e. The Morgan fingerprint density at radius 1 is 0.900 bits per heavy atom. The smallest absolute Gasteiger partial charge is 0.131 e. The van der Waals surface area contributed by atoms with Crippen LogP contribution in [0.15, 0.2) is 35.3 Å². The summed E-state index contributed by atoms with van der Waals surface area (Å²) in [5, 5.41) is 13.0. The summed E-state index contributed by atoms with van der Waals surface area (Å²) in [6, 6.07) is 9.86. The van der Waals surface area contributed by atoms with Gasteiger partial charge < -0.3 is 19.3 Å². The number of aliphatic imine (C=N–C) groups is 1. The van der Waals surface area contributed by atoms with Crippen molar-refractivity contribution in [2.24, 2.45) is 4.99 Å². The number of methoxy groups -OCH3 is 3. The number of rotatable bonds is 4. The van der Waals surface area contributed by atoms with Crippen LogP contribution in [0.2, 0.25) is 0 Å². The molecule has 5 nitrogen and oxygen atoms in total. The lowest BCUT2D eigenvalue weighted by atomic mass is 9.84. The Hall–Kier alpha value is -3.21. The normalized spacial score (nSPS) is 15.5. The van der Waals surface area contributed by atoms with Gasteiger partial charge in [-0.15, -0.1) is 0 Å². The molecule has 0 radical (unpaired) electrons. The second-order valence-corrected chi connectivity index (χ2v) is 7.80. The number of aryl methyl sites for hydroxylation is 1. The Morgan fingerprint density at radius 2 is 1.60 bits per heavy atom. The molecule has 1 heterocycles. The Balaban J connectivity index is 2.14. The molecule has 1 aliphatic rings. The van der Waals surface area contributed by atoms with Gasteiger partial charge in [-0.25, -0.2) is 0 Å². The molecule has 1 aliphatic heterocycles. The Morgan fingerprint density at radius 3 is 2.27 bits per heavy atom. The number of phenols is 1. The summed E-state index contributed by atoms with van der Waals surface area (Å²) in [4.78, 5) is 4.74. The van der Waals surface area contributed by atoms with Gasteiger partial charge in [0.05, 0.1) is 32.8 Å². The molecule has 0 aromatic heterocycles. The number of benzene rings is 3. The van der Waals surface area contributed by atoms with E-state index in [4.69, 9.17) is 19.2 Å². The summed E-state index contributed by atoms with van der Waals surface area (Å²) in [6.45, 7) is 6.12. The lowest BCUT2D eigenvalue weighted by Gasteiger charge is -2.26. The first-order chi connectivity index (χ1) is 14.4. The van der Waals surface area contributed by atoms with Crippen LogP contribution in [0.4, 0.5) is 0 Å². The molecule has 3 aromatic rings. The van der Waals surface area contributed by atoms with Gasteiger partial charge in [0.25, 0.3) is 0 Å². The van der Waals surface area contributed by atoms with E-state index in [-0.39, 0.29) is 11.8 Å². The first-order valence-electron chi connectivity index (χ1n) is 10.0. The van der Waals surface area contributed by atoms with Crippen LogP contribution < -0.4 is 14.2 Å². The molecule has 0 amide bonds. The SMILES string of the molecule is COc1cc(O)c(-c2ccc(OC)c3c(OC)cc(C)cc23)c2c1C(C)=N[C@@H](C)C2. The zero-order chi connectivity index (χ0) is 21.6. The Bertz CT molecular complexity index is 1180. The fourth-order valence-corrected chi connectivity index (χ4v) is 4.60. The fourth-order valence-electron chi connectivity index (χ4n) is 4.60. The van der Waals surface area contributed by atoms with Crippen LogP contribution in [0.1, 0.15) is 30.5 Å². The van der Waals surface area contributed by atoms with Crippen molar-refractivity contribution in [1.29, 1.82) is 0 Å². The average molecular weight is 405 g/mol. The Kier molecular flexibility index (Phi) is 5.06. The van der Waals surface area contributed by atoms with Crippen LogP contribution >= 0.6 is 0 Å². The second kappa shape index (κ2) is 7.56. The van der Waals surface area contributed by atoms with E-state index in [1.165, 1.54) is 0 Å². The van der Waals surface area contributed by atoms with Crippen molar-refractivity contribution in [3.8, 4) is 34.1 Å². The molecule has 5 heteroatoms. The van der Waals surface area contributed by atoms with Crippen LogP contribution in [-0.4, -0.2) is 38.2 Å². The van der Waals surface area contributed by atoms with Crippen LogP contribution in [-0.2, 0) is 6.42 Å². The van der Waals surface area contributed by atoms with Crippen LogP contribution in [0.25, 0.3) is 21.9 Å². The van der Waals surface area contributed by atoms with Gasteiger partial charge in [-0.05, 0) is 67.5 Å². The van der Waals surface area contributed by atoms with Crippen molar-refractivity contribution < 1.29 is 19.3 Å². The van der Waals surface area contributed by atoms with Crippen molar-refractivity contribution in [1.82, 2.24) is 0 Å². The van der Waals surface area contributed by atoms with Crippen molar-refractivity contribution in [3.63, 3.8) is 0 Å². The highest BCUT2D eigenvalue weighted by Gasteiger charge is 2.27. The molecule has 0 aliphatic carbocycles. The topological polar surface area (TPSA) is 60.3 Å². The lowest BCUT2D eigenvalue weighted by Crippen LogP contribution is -2.19. The molecule has 156 valence electrons. The van der Waals surface area contributed by atoms with E-state index < -0.39 is 0 Å². The number of nitrogens with zero attached hydrogens (tertiary/aromatic N) is 1. The first-order valence-corrected chi connectivity index (χ1v) is 10.0. The zero-order valence-electron chi connectivity index (χ0n) is 18.3. The molecule has 0 saturated heterocycles. The largest absolute Gasteiger partial charge is 0.507 e. The van der Waals surface area contributed by atoms with Crippen LogP contribution in [0, 0.1) is 6.92 Å². The minimum absolute atomic E-state index is 0.128. The minimum Gasteiger partial charge on any atom is -0.507 e. The molecule has 0 fully saturated rings. The van der Waals surface area contributed by atoms with Gasteiger partial charge in [-0.3, -0.25) is 4.99 Å². The van der Waals surface area contributed by atoms with Gasteiger partial charge in [0, 0.05) is 22.9 Å². The van der Waals surface area contributed by atoms with E-state index in [1.807, 2.05) is 32.0 Å². The highest BCUT2D eigenvalue weighted by Crippen LogP contribution is 2.47. The highest BCUT2D eigenvalue weighted by molar-refractivity contribution is 6.09. The zero-order valence-corrected chi connectivity index (χ0v) is 18.3. The van der Waals surface area contributed by atoms with E-state index in [0.29, 0.717) is 5.75 Å². The number of fused-ring (bicyclic) bond motifs is 2. The third-order valence-corrected chi connectivity index (χ3v) is 5.76. The van der Waals surface area contributed by atoms with Crippen molar-refractivity contribution >= 4 is 16.5 Å². The molecular weight excluding hydrogens is 378 g/mol. The molecule has 4 rings (SSSR count). The van der Waals surface area contributed by atoms with Crippen molar-refractivity contribution in [2.45, 2.75) is 33.2 Å². The Labute approximate surface area is 176 Å². The summed E-state index contributed by atoms with van der Waals surface area (Å²) >= 11 is 0. The van der Waals surface area contributed by atoms with Gasteiger partial charge in [0.2, 0.25) is 0 Å². The van der Waals surface area contributed by atoms with E-state index >= 15 is 0 Å². The van der Waals surface area contributed by atoms with Gasteiger partial charge in [0.1, 0.15) is 23.0 Å². The average Bonchev–Trinajstić information content (AvgIpc) is 2.71.